The average Bonchev–Trinajstić information content (AvgIpc) is 2.70. The third-order valence-electron chi connectivity index (χ3n) is 5.27. The lowest BCUT2D eigenvalue weighted by Crippen LogP contribution is -2.11. The van der Waals surface area contributed by atoms with Crippen LogP contribution in [0.25, 0.3) is 0 Å². The molecule has 0 aliphatic rings. The molecule has 30 heavy (non-hydrogen) atoms. The van der Waals surface area contributed by atoms with Crippen LogP contribution < -0.4 is 15.8 Å². The molecule has 0 aliphatic heterocycles. The summed E-state index contributed by atoms with van der Waals surface area (Å²) in [6.07, 6.45) is 9.54. The van der Waals surface area contributed by atoms with Crippen molar-refractivity contribution in [2.24, 2.45) is 5.41 Å². The van der Waals surface area contributed by atoms with Crippen LogP contribution in [-0.4, -0.2) is 22.1 Å². The van der Waals surface area contributed by atoms with Gasteiger partial charge in [0.15, 0.2) is 0 Å². The number of aromatic nitrogens is 3. The molecule has 1 aromatic carbocycles. The van der Waals surface area contributed by atoms with Gasteiger partial charge < -0.3 is 15.8 Å². The molecule has 0 atom stereocenters. The number of anilines is 2. The molecule has 0 spiro atoms. The summed E-state index contributed by atoms with van der Waals surface area (Å²) in [5, 5.41) is 3.24. The van der Waals surface area contributed by atoms with Crippen molar-refractivity contribution in [1.29, 1.82) is 0 Å². The minimum absolute atomic E-state index is 0. The highest BCUT2D eigenvalue weighted by Gasteiger charge is 2.16. The molecule has 2 aromatic rings. The normalized spacial score (nSPS) is 11.1. The highest BCUT2D eigenvalue weighted by Crippen LogP contribution is 2.29. The second kappa shape index (κ2) is 13.3. The van der Waals surface area contributed by atoms with Crippen molar-refractivity contribution in [3.63, 3.8) is 0 Å². The van der Waals surface area contributed by atoms with Gasteiger partial charge in [0, 0.05) is 13.0 Å². The van der Waals surface area contributed by atoms with Crippen molar-refractivity contribution in [3.8, 4) is 5.75 Å². The van der Waals surface area contributed by atoms with E-state index < -0.39 is 0 Å². The van der Waals surface area contributed by atoms with Crippen molar-refractivity contribution < 1.29 is 4.74 Å². The molecule has 0 saturated heterocycles. The molecule has 3 N–H and O–H groups in total. The zero-order chi connectivity index (χ0) is 21.1. The predicted octanol–water partition coefficient (Wildman–Crippen LogP) is 5.82. The fourth-order valence-corrected chi connectivity index (χ4v) is 3.40. The Kier molecular flexibility index (Phi) is 11.5. The van der Waals surface area contributed by atoms with Gasteiger partial charge in [0.05, 0.1) is 7.11 Å². The molecule has 0 saturated carbocycles. The summed E-state index contributed by atoms with van der Waals surface area (Å²) >= 11 is 0. The maximum Gasteiger partial charge on any atom is 0.228 e. The summed E-state index contributed by atoms with van der Waals surface area (Å²) in [6.45, 7) is 7.66. The molecule has 0 fully saturated rings. The molecular weight excluding hydrogens is 398 g/mol. The molecule has 0 amide bonds. The van der Waals surface area contributed by atoms with E-state index in [1.54, 1.807) is 7.11 Å². The molecule has 0 radical (unpaired) electrons. The molecule has 0 bridgehead atoms. The lowest BCUT2D eigenvalue weighted by Gasteiger charge is -2.24. The van der Waals surface area contributed by atoms with Crippen molar-refractivity contribution in [3.05, 3.63) is 35.7 Å². The largest absolute Gasteiger partial charge is 0.497 e. The third-order valence-corrected chi connectivity index (χ3v) is 5.27. The van der Waals surface area contributed by atoms with Crippen molar-refractivity contribution >= 4 is 24.3 Å². The lowest BCUT2D eigenvalue weighted by molar-refractivity contribution is 0.286. The van der Waals surface area contributed by atoms with Crippen LogP contribution in [0, 0.1) is 5.41 Å². The van der Waals surface area contributed by atoms with Crippen LogP contribution in [0.4, 0.5) is 11.9 Å². The molecule has 1 aromatic heterocycles. The van der Waals surface area contributed by atoms with Crippen LogP contribution in [0.5, 0.6) is 5.75 Å². The number of nitrogens with one attached hydrogen (secondary N) is 1. The van der Waals surface area contributed by atoms with Gasteiger partial charge >= 0.3 is 0 Å². The van der Waals surface area contributed by atoms with E-state index in [0.29, 0.717) is 17.9 Å². The number of aryl methyl sites for hydroxylation is 1. The van der Waals surface area contributed by atoms with E-state index in [2.05, 4.69) is 41.0 Å². The summed E-state index contributed by atoms with van der Waals surface area (Å²) in [6, 6.07) is 7.90. The van der Waals surface area contributed by atoms with E-state index in [0.717, 1.165) is 30.0 Å². The summed E-state index contributed by atoms with van der Waals surface area (Å²) < 4.78 is 5.18. The van der Waals surface area contributed by atoms with E-state index in [1.807, 2.05) is 24.3 Å². The van der Waals surface area contributed by atoms with E-state index in [9.17, 15) is 0 Å². The first-order valence-electron chi connectivity index (χ1n) is 10.8. The topological polar surface area (TPSA) is 86.0 Å². The van der Waals surface area contributed by atoms with Gasteiger partial charge in [0.2, 0.25) is 11.9 Å². The Morgan fingerprint density at radius 3 is 2.33 bits per heavy atom. The first kappa shape index (κ1) is 26.0. The summed E-state index contributed by atoms with van der Waals surface area (Å²) in [4.78, 5) is 13.0. The predicted molar refractivity (Wildman–Crippen MR) is 127 cm³/mol. The van der Waals surface area contributed by atoms with E-state index >= 15 is 0 Å². The number of hydrogen-bond acceptors (Lipinski definition) is 6. The Labute approximate surface area is 187 Å². The van der Waals surface area contributed by atoms with Gasteiger partial charge in [0.1, 0.15) is 11.6 Å². The Hall–Kier alpha value is -2.08. The van der Waals surface area contributed by atoms with E-state index in [-0.39, 0.29) is 18.4 Å². The quantitative estimate of drug-likeness (QED) is 0.386. The first-order valence-corrected chi connectivity index (χ1v) is 10.8. The number of ether oxygens (including phenoxy) is 1. The molecule has 1 heterocycles. The Morgan fingerprint density at radius 2 is 1.67 bits per heavy atom. The molecule has 6 nitrogen and oxygen atoms in total. The molecule has 2 rings (SSSR count). The number of nitrogens with two attached hydrogens (primary N) is 1. The lowest BCUT2D eigenvalue weighted by atomic mass is 9.82. The van der Waals surface area contributed by atoms with Crippen molar-refractivity contribution in [1.82, 2.24) is 15.0 Å². The standard InChI is InChI=1S/C23H37N5O.ClH/c1-5-6-15-23(2,3)16-9-7-8-10-20-26-21(24)28-22(27-20)25-17-18-11-13-19(29-4)14-12-18;/h11-14H,5-10,15-17H2,1-4H3,(H3,24,25,26,27,28);1H. The van der Waals surface area contributed by atoms with Crippen LogP contribution >= 0.6 is 12.4 Å². The number of unbranched alkanes of at least 4 members (excludes halogenated alkanes) is 3. The SMILES string of the molecule is CCCCC(C)(C)CCCCCc1nc(N)nc(NCc2ccc(OC)cc2)n1.Cl. The second-order valence-electron chi connectivity index (χ2n) is 8.46. The van der Waals surface area contributed by atoms with Gasteiger partial charge in [-0.1, -0.05) is 58.6 Å². The van der Waals surface area contributed by atoms with Crippen LogP contribution in [-0.2, 0) is 13.0 Å². The molecule has 0 aliphatic carbocycles. The van der Waals surface area contributed by atoms with Crippen LogP contribution in [0.1, 0.15) is 77.1 Å². The Morgan fingerprint density at radius 1 is 0.967 bits per heavy atom. The zero-order valence-corrected chi connectivity index (χ0v) is 19.7. The maximum absolute atomic E-state index is 5.88. The summed E-state index contributed by atoms with van der Waals surface area (Å²) in [7, 11) is 1.66. The highest BCUT2D eigenvalue weighted by atomic mass is 35.5. The van der Waals surface area contributed by atoms with Crippen LogP contribution in [0.15, 0.2) is 24.3 Å². The van der Waals surface area contributed by atoms with Gasteiger partial charge in [-0.25, -0.2) is 0 Å². The van der Waals surface area contributed by atoms with Crippen molar-refractivity contribution in [2.75, 3.05) is 18.2 Å². The number of benzene rings is 1. The third kappa shape index (κ3) is 9.61. The first-order chi connectivity index (χ1) is 13.9. The maximum atomic E-state index is 5.88. The van der Waals surface area contributed by atoms with Gasteiger partial charge in [0.25, 0.3) is 0 Å². The smallest absolute Gasteiger partial charge is 0.228 e. The van der Waals surface area contributed by atoms with Crippen molar-refractivity contribution in [2.45, 2.75) is 78.7 Å². The van der Waals surface area contributed by atoms with E-state index in [4.69, 9.17) is 10.5 Å². The second-order valence-corrected chi connectivity index (χ2v) is 8.46. The molecule has 0 unspecified atom stereocenters. The number of rotatable bonds is 13. The van der Waals surface area contributed by atoms with Gasteiger partial charge in [-0.05, 0) is 42.4 Å². The molecule has 7 heteroatoms. The van der Waals surface area contributed by atoms with Crippen LogP contribution in [0.3, 0.4) is 0 Å². The fraction of sp³-hybridized carbons (Fsp3) is 0.609. The van der Waals surface area contributed by atoms with E-state index in [1.165, 1.54) is 38.5 Å². The minimum atomic E-state index is 0. The van der Waals surface area contributed by atoms with Crippen LogP contribution in [0.2, 0.25) is 0 Å². The number of methoxy groups -OCH3 is 1. The number of halogens is 1. The van der Waals surface area contributed by atoms with Gasteiger partial charge in [-0.3, -0.25) is 0 Å². The summed E-state index contributed by atoms with van der Waals surface area (Å²) in [5.41, 5.74) is 7.45. The minimum Gasteiger partial charge on any atom is -0.497 e. The molecule has 168 valence electrons. The summed E-state index contributed by atoms with van der Waals surface area (Å²) in [5.74, 6) is 2.41. The van der Waals surface area contributed by atoms with Gasteiger partial charge in [-0.15, -0.1) is 12.4 Å². The average molecular weight is 436 g/mol. The Bertz CT molecular complexity index is 737. The Balaban J connectivity index is 0.00000450. The number of nitrogens with zero attached hydrogens (tertiary/aromatic N) is 3. The molecular formula is C23H38ClN5O. The highest BCUT2D eigenvalue weighted by molar-refractivity contribution is 5.85. The fourth-order valence-electron chi connectivity index (χ4n) is 3.40. The number of nitrogen functional groups attached to an aromatic ring is 1. The van der Waals surface area contributed by atoms with Gasteiger partial charge in [-0.2, -0.15) is 15.0 Å². The monoisotopic (exact) mass is 435 g/mol. The zero-order valence-electron chi connectivity index (χ0n) is 18.9. The number of hydrogen-bond donors (Lipinski definition) is 2.